The molecule has 0 amide bonds. The fourth-order valence-electron chi connectivity index (χ4n) is 1.73. The summed E-state index contributed by atoms with van der Waals surface area (Å²) in [7, 11) is 0. The van der Waals surface area contributed by atoms with Crippen LogP contribution in [0.3, 0.4) is 0 Å². The Morgan fingerprint density at radius 2 is 2.00 bits per heavy atom. The van der Waals surface area contributed by atoms with Crippen LogP contribution in [0.15, 0.2) is 29.1 Å². The zero-order chi connectivity index (χ0) is 12.8. The van der Waals surface area contributed by atoms with Crippen LogP contribution in [-0.2, 0) is 6.42 Å². The third-order valence-electron chi connectivity index (χ3n) is 2.67. The summed E-state index contributed by atoms with van der Waals surface area (Å²) in [4.78, 5) is 8.45. The molecular formula is C13H18N4O. The van der Waals surface area contributed by atoms with Crippen molar-refractivity contribution in [2.45, 2.75) is 20.3 Å². The summed E-state index contributed by atoms with van der Waals surface area (Å²) < 4.78 is 5.28. The molecule has 0 aliphatic carbocycles. The molecule has 0 fully saturated rings. The lowest BCUT2D eigenvalue weighted by atomic mass is 10.3. The number of rotatable bonds is 6. The van der Waals surface area contributed by atoms with Gasteiger partial charge in [0.1, 0.15) is 23.7 Å². The van der Waals surface area contributed by atoms with Crippen molar-refractivity contribution in [2.24, 2.45) is 0 Å². The molecule has 2 aromatic rings. The number of nitrogens with zero attached hydrogens (tertiary/aromatic N) is 2. The summed E-state index contributed by atoms with van der Waals surface area (Å²) in [5, 5.41) is 6.51. The molecule has 0 bridgehead atoms. The van der Waals surface area contributed by atoms with Gasteiger partial charge in [0.25, 0.3) is 0 Å². The fraction of sp³-hybridized carbons (Fsp3) is 0.385. The molecule has 2 N–H and O–H groups in total. The second kappa shape index (κ2) is 6.05. The average Bonchev–Trinajstić information content (AvgIpc) is 2.87. The molecule has 0 saturated carbocycles. The van der Waals surface area contributed by atoms with Gasteiger partial charge in [0, 0.05) is 25.1 Å². The van der Waals surface area contributed by atoms with Gasteiger partial charge in [0.05, 0.1) is 6.26 Å². The monoisotopic (exact) mass is 246 g/mol. The van der Waals surface area contributed by atoms with Gasteiger partial charge in [-0.2, -0.15) is 0 Å². The van der Waals surface area contributed by atoms with Crippen LogP contribution in [0.5, 0.6) is 0 Å². The predicted molar refractivity (Wildman–Crippen MR) is 71.8 cm³/mol. The van der Waals surface area contributed by atoms with Crippen LogP contribution < -0.4 is 10.6 Å². The molecule has 2 aromatic heterocycles. The molecule has 5 heteroatoms. The third-order valence-corrected chi connectivity index (χ3v) is 2.67. The lowest BCUT2D eigenvalue weighted by molar-refractivity contribution is 0.513. The maximum Gasteiger partial charge on any atom is 0.134 e. The van der Waals surface area contributed by atoms with E-state index in [4.69, 9.17) is 4.42 Å². The fourth-order valence-corrected chi connectivity index (χ4v) is 1.73. The highest BCUT2D eigenvalue weighted by Crippen LogP contribution is 2.17. The smallest absolute Gasteiger partial charge is 0.134 e. The quantitative estimate of drug-likeness (QED) is 0.819. The summed E-state index contributed by atoms with van der Waals surface area (Å²) >= 11 is 0. The molecule has 18 heavy (non-hydrogen) atoms. The largest absolute Gasteiger partial charge is 0.469 e. The van der Waals surface area contributed by atoms with E-state index in [1.54, 1.807) is 12.6 Å². The van der Waals surface area contributed by atoms with Crippen molar-refractivity contribution < 1.29 is 4.42 Å². The molecule has 0 aliphatic rings. The minimum absolute atomic E-state index is 0.789. The number of hydrogen-bond donors (Lipinski definition) is 2. The van der Waals surface area contributed by atoms with E-state index < -0.39 is 0 Å². The zero-order valence-corrected chi connectivity index (χ0v) is 10.7. The normalized spacial score (nSPS) is 10.3. The molecule has 96 valence electrons. The maximum absolute atomic E-state index is 5.28. The van der Waals surface area contributed by atoms with E-state index in [-0.39, 0.29) is 0 Å². The van der Waals surface area contributed by atoms with Gasteiger partial charge in [0.2, 0.25) is 0 Å². The number of nitrogens with one attached hydrogen (secondary N) is 2. The highest BCUT2D eigenvalue weighted by Gasteiger charge is 2.05. The van der Waals surface area contributed by atoms with Crippen LogP contribution in [0.25, 0.3) is 0 Å². The zero-order valence-electron chi connectivity index (χ0n) is 10.7. The molecule has 0 atom stereocenters. The first kappa shape index (κ1) is 12.4. The van der Waals surface area contributed by atoms with Crippen LogP contribution in [0.2, 0.25) is 0 Å². The Morgan fingerprint density at radius 3 is 2.67 bits per heavy atom. The molecule has 2 heterocycles. The van der Waals surface area contributed by atoms with Gasteiger partial charge >= 0.3 is 0 Å². The minimum Gasteiger partial charge on any atom is -0.469 e. The molecule has 0 spiro atoms. The Labute approximate surface area is 107 Å². The number of furan rings is 1. The first-order chi connectivity index (χ1) is 8.81. The van der Waals surface area contributed by atoms with Gasteiger partial charge in [0.15, 0.2) is 0 Å². The van der Waals surface area contributed by atoms with Crippen LogP contribution >= 0.6 is 0 Å². The standard InChI is InChI=1S/C13H18N4O/c1-3-14-12-10(2)13(17-9-16-12)15-7-6-11-5-4-8-18-11/h4-5,8-9H,3,6-7H2,1-2H3,(H2,14,15,16,17). The van der Waals surface area contributed by atoms with Gasteiger partial charge in [-0.3, -0.25) is 0 Å². The van der Waals surface area contributed by atoms with Gasteiger partial charge in [-0.15, -0.1) is 0 Å². The van der Waals surface area contributed by atoms with Crippen LogP contribution in [0.1, 0.15) is 18.2 Å². The van der Waals surface area contributed by atoms with Crippen molar-refractivity contribution in [3.8, 4) is 0 Å². The predicted octanol–water partition coefficient (Wildman–Crippen LogP) is 2.46. The number of hydrogen-bond acceptors (Lipinski definition) is 5. The second-order valence-corrected chi connectivity index (χ2v) is 3.98. The minimum atomic E-state index is 0.789. The molecule has 2 rings (SSSR count). The molecule has 0 aromatic carbocycles. The molecule has 0 aliphatic heterocycles. The van der Waals surface area contributed by atoms with E-state index in [1.165, 1.54) is 0 Å². The lowest BCUT2D eigenvalue weighted by Crippen LogP contribution is -2.10. The maximum atomic E-state index is 5.28. The third kappa shape index (κ3) is 3.00. The Balaban J connectivity index is 1.94. The first-order valence-electron chi connectivity index (χ1n) is 6.13. The molecule has 0 unspecified atom stereocenters. The highest BCUT2D eigenvalue weighted by molar-refractivity contribution is 5.56. The topological polar surface area (TPSA) is 63.0 Å². The Hall–Kier alpha value is -2.04. The van der Waals surface area contributed by atoms with Gasteiger partial charge in [-0.25, -0.2) is 9.97 Å². The summed E-state index contributed by atoms with van der Waals surface area (Å²) in [6.07, 6.45) is 4.10. The van der Waals surface area contributed by atoms with E-state index in [9.17, 15) is 0 Å². The average molecular weight is 246 g/mol. The number of anilines is 2. The van der Waals surface area contributed by atoms with Crippen LogP contribution in [0, 0.1) is 6.92 Å². The first-order valence-corrected chi connectivity index (χ1v) is 6.13. The Morgan fingerprint density at radius 1 is 1.22 bits per heavy atom. The van der Waals surface area contributed by atoms with Crippen molar-refractivity contribution in [1.82, 2.24) is 9.97 Å². The van der Waals surface area contributed by atoms with Gasteiger partial charge < -0.3 is 15.1 Å². The molecular weight excluding hydrogens is 228 g/mol. The van der Waals surface area contributed by atoms with E-state index in [1.807, 2.05) is 26.0 Å². The summed E-state index contributed by atoms with van der Waals surface area (Å²) in [6, 6.07) is 3.87. The highest BCUT2D eigenvalue weighted by atomic mass is 16.3. The Kier molecular flexibility index (Phi) is 4.17. The van der Waals surface area contributed by atoms with E-state index in [0.717, 1.165) is 42.5 Å². The summed E-state index contributed by atoms with van der Waals surface area (Å²) in [5.74, 6) is 2.72. The van der Waals surface area contributed by atoms with E-state index in [0.29, 0.717) is 0 Å². The SMILES string of the molecule is CCNc1ncnc(NCCc2ccco2)c1C. The van der Waals surface area contributed by atoms with Crippen molar-refractivity contribution >= 4 is 11.6 Å². The van der Waals surface area contributed by atoms with Crippen LogP contribution in [0.4, 0.5) is 11.6 Å². The van der Waals surface area contributed by atoms with Gasteiger partial charge in [-0.1, -0.05) is 0 Å². The summed E-state index contributed by atoms with van der Waals surface area (Å²) in [6.45, 7) is 5.69. The van der Waals surface area contributed by atoms with Crippen molar-refractivity contribution in [3.63, 3.8) is 0 Å². The lowest BCUT2D eigenvalue weighted by Gasteiger charge is -2.11. The van der Waals surface area contributed by atoms with E-state index >= 15 is 0 Å². The van der Waals surface area contributed by atoms with Crippen molar-refractivity contribution in [3.05, 3.63) is 36.0 Å². The van der Waals surface area contributed by atoms with Gasteiger partial charge in [-0.05, 0) is 26.0 Å². The number of aromatic nitrogens is 2. The molecule has 0 radical (unpaired) electrons. The van der Waals surface area contributed by atoms with Crippen LogP contribution in [-0.4, -0.2) is 23.1 Å². The second-order valence-electron chi connectivity index (χ2n) is 3.98. The van der Waals surface area contributed by atoms with Crippen molar-refractivity contribution in [1.29, 1.82) is 0 Å². The summed E-state index contributed by atoms with van der Waals surface area (Å²) in [5.41, 5.74) is 1.04. The Bertz CT molecular complexity index is 482. The van der Waals surface area contributed by atoms with E-state index in [2.05, 4.69) is 20.6 Å². The molecule has 0 saturated heterocycles. The molecule has 5 nitrogen and oxygen atoms in total. The van der Waals surface area contributed by atoms with Crippen molar-refractivity contribution in [2.75, 3.05) is 23.7 Å².